The van der Waals surface area contributed by atoms with Crippen LogP contribution in [0.5, 0.6) is 5.75 Å². The Labute approximate surface area is 179 Å². The first kappa shape index (κ1) is 21.4. The summed E-state index contributed by atoms with van der Waals surface area (Å²) < 4.78 is 46.0. The summed E-state index contributed by atoms with van der Waals surface area (Å²) in [5.41, 5.74) is 0.920. The highest BCUT2D eigenvalue weighted by molar-refractivity contribution is 5.94. The van der Waals surface area contributed by atoms with E-state index in [0.717, 1.165) is 47.8 Å². The lowest BCUT2D eigenvalue weighted by Crippen LogP contribution is -2.19. The number of anilines is 1. The van der Waals surface area contributed by atoms with Gasteiger partial charge >= 0.3 is 6.18 Å². The first-order valence-electron chi connectivity index (χ1n) is 10.3. The van der Waals surface area contributed by atoms with Crippen LogP contribution in [-0.4, -0.2) is 29.4 Å². The van der Waals surface area contributed by atoms with Gasteiger partial charge in [-0.15, -0.1) is 5.10 Å². The minimum Gasteiger partial charge on any atom is -0.489 e. The van der Waals surface area contributed by atoms with Crippen LogP contribution in [0.2, 0.25) is 0 Å². The first-order valence-corrected chi connectivity index (χ1v) is 10.3. The van der Waals surface area contributed by atoms with Crippen molar-refractivity contribution in [2.75, 3.05) is 18.4 Å². The molecule has 1 aliphatic heterocycles. The Morgan fingerprint density at radius 2 is 1.94 bits per heavy atom. The molecule has 3 aromatic rings. The summed E-state index contributed by atoms with van der Waals surface area (Å²) in [6, 6.07) is 9.63. The summed E-state index contributed by atoms with van der Waals surface area (Å²) in [4.78, 5) is 0. The molecule has 4 rings (SSSR count). The number of rotatable bonds is 5. The van der Waals surface area contributed by atoms with Crippen LogP contribution in [0.3, 0.4) is 0 Å². The average molecular weight is 430 g/mol. The van der Waals surface area contributed by atoms with Gasteiger partial charge < -0.3 is 15.4 Å². The molecule has 2 heterocycles. The molecule has 0 aliphatic carbocycles. The quantitative estimate of drug-likeness (QED) is 0.584. The number of hydrogen-bond donors (Lipinski definition) is 2. The zero-order chi connectivity index (χ0) is 22.2. The second-order valence-electron chi connectivity index (χ2n) is 7.96. The van der Waals surface area contributed by atoms with E-state index >= 15 is 0 Å². The molecule has 1 aromatic heterocycles. The zero-order valence-electron chi connectivity index (χ0n) is 17.7. The molecule has 2 aromatic carbocycles. The number of aryl methyl sites for hydroxylation is 1. The van der Waals surface area contributed by atoms with Gasteiger partial charge in [0.15, 0.2) is 5.82 Å². The summed E-state index contributed by atoms with van der Waals surface area (Å²) >= 11 is 0. The number of benzene rings is 2. The topological polar surface area (TPSA) is 59.1 Å². The molecule has 0 amide bonds. The molecule has 1 saturated heterocycles. The van der Waals surface area contributed by atoms with Gasteiger partial charge in [-0.3, -0.25) is 0 Å². The van der Waals surface area contributed by atoms with Crippen molar-refractivity contribution in [3.05, 3.63) is 58.8 Å². The number of halogens is 3. The van der Waals surface area contributed by atoms with E-state index in [1.807, 2.05) is 32.0 Å². The van der Waals surface area contributed by atoms with E-state index in [4.69, 9.17) is 4.74 Å². The van der Waals surface area contributed by atoms with E-state index in [1.165, 1.54) is 13.0 Å². The molecule has 0 bridgehead atoms. The molecule has 0 saturated carbocycles. The van der Waals surface area contributed by atoms with E-state index in [1.54, 1.807) is 6.07 Å². The predicted molar refractivity (Wildman–Crippen MR) is 114 cm³/mol. The van der Waals surface area contributed by atoms with Crippen LogP contribution in [0, 0.1) is 13.8 Å². The Morgan fingerprint density at radius 1 is 1.13 bits per heavy atom. The molecule has 0 radical (unpaired) electrons. The summed E-state index contributed by atoms with van der Waals surface area (Å²) in [6.45, 7) is 6.93. The van der Waals surface area contributed by atoms with Crippen LogP contribution in [-0.2, 0) is 6.18 Å². The lowest BCUT2D eigenvalue weighted by Gasteiger charge is -2.21. The predicted octanol–water partition coefficient (Wildman–Crippen LogP) is 5.18. The molecule has 8 heteroatoms. The van der Waals surface area contributed by atoms with Crippen molar-refractivity contribution in [2.24, 2.45) is 0 Å². The van der Waals surface area contributed by atoms with Crippen molar-refractivity contribution in [3.8, 4) is 5.75 Å². The monoisotopic (exact) mass is 430 g/mol. The fraction of sp³-hybridized carbons (Fsp3) is 0.391. The fourth-order valence-corrected chi connectivity index (χ4v) is 4.08. The van der Waals surface area contributed by atoms with Gasteiger partial charge in [-0.1, -0.05) is 12.1 Å². The van der Waals surface area contributed by atoms with Crippen LogP contribution in [0.4, 0.5) is 19.0 Å². The lowest BCUT2D eigenvalue weighted by molar-refractivity contribution is -0.138. The van der Waals surface area contributed by atoms with Gasteiger partial charge in [0, 0.05) is 17.3 Å². The minimum absolute atomic E-state index is 0.122. The standard InChI is InChI=1S/C23H25F3N4O/c1-13-18(5-4-6-21(13)23(24,25)26)14(2)28-22-20-11-16(31-17-9-10-27-12-17)7-8-19(20)15(3)29-30-22/h4-8,11,14,17,27H,9-10,12H2,1-3H3,(H,28,30)/t14?,17-/m0/s1. The second-order valence-corrected chi connectivity index (χ2v) is 7.96. The smallest absolute Gasteiger partial charge is 0.416 e. The number of fused-ring (bicyclic) bond motifs is 1. The maximum atomic E-state index is 13.3. The minimum atomic E-state index is -4.39. The van der Waals surface area contributed by atoms with Crippen LogP contribution in [0.1, 0.15) is 41.8 Å². The van der Waals surface area contributed by atoms with Crippen LogP contribution < -0.4 is 15.4 Å². The molecule has 2 N–H and O–H groups in total. The van der Waals surface area contributed by atoms with Gasteiger partial charge in [-0.05, 0) is 69.1 Å². The molecular formula is C23H25F3N4O. The third-order valence-electron chi connectivity index (χ3n) is 5.75. The van der Waals surface area contributed by atoms with Gasteiger partial charge in [-0.25, -0.2) is 0 Å². The third-order valence-corrected chi connectivity index (χ3v) is 5.75. The number of nitrogens with zero attached hydrogens (tertiary/aromatic N) is 2. The van der Waals surface area contributed by atoms with Crippen molar-refractivity contribution in [2.45, 2.75) is 45.5 Å². The van der Waals surface area contributed by atoms with Crippen molar-refractivity contribution >= 4 is 16.6 Å². The molecule has 31 heavy (non-hydrogen) atoms. The normalized spacial score (nSPS) is 17.7. The Morgan fingerprint density at radius 3 is 2.65 bits per heavy atom. The largest absolute Gasteiger partial charge is 0.489 e. The summed E-state index contributed by atoms with van der Waals surface area (Å²) in [5.74, 6) is 1.25. The Kier molecular flexibility index (Phi) is 5.75. The van der Waals surface area contributed by atoms with Gasteiger partial charge in [-0.2, -0.15) is 18.3 Å². The van der Waals surface area contributed by atoms with Gasteiger partial charge in [0.05, 0.1) is 17.3 Å². The highest BCUT2D eigenvalue weighted by Gasteiger charge is 2.33. The summed E-state index contributed by atoms with van der Waals surface area (Å²) in [5, 5.41) is 16.8. The van der Waals surface area contributed by atoms with Gasteiger partial charge in [0.25, 0.3) is 0 Å². The third kappa shape index (κ3) is 4.44. The van der Waals surface area contributed by atoms with E-state index in [2.05, 4.69) is 20.8 Å². The average Bonchev–Trinajstić information content (AvgIpc) is 3.22. The molecular weight excluding hydrogens is 405 g/mol. The summed E-state index contributed by atoms with van der Waals surface area (Å²) in [7, 11) is 0. The number of alkyl halides is 3. The van der Waals surface area contributed by atoms with Crippen molar-refractivity contribution in [1.29, 1.82) is 0 Å². The molecule has 2 atom stereocenters. The highest BCUT2D eigenvalue weighted by Crippen LogP contribution is 2.36. The van der Waals surface area contributed by atoms with Crippen LogP contribution in [0.15, 0.2) is 36.4 Å². The Balaban J connectivity index is 1.67. The molecule has 1 unspecified atom stereocenters. The molecule has 0 spiro atoms. The number of aromatic nitrogens is 2. The van der Waals surface area contributed by atoms with Crippen molar-refractivity contribution in [1.82, 2.24) is 15.5 Å². The number of hydrogen-bond acceptors (Lipinski definition) is 5. The number of ether oxygens (including phenoxy) is 1. The highest BCUT2D eigenvalue weighted by atomic mass is 19.4. The number of nitrogens with one attached hydrogen (secondary N) is 2. The molecule has 1 aliphatic rings. The second kappa shape index (κ2) is 8.34. The van der Waals surface area contributed by atoms with Crippen molar-refractivity contribution < 1.29 is 17.9 Å². The fourth-order valence-electron chi connectivity index (χ4n) is 4.08. The van der Waals surface area contributed by atoms with Gasteiger partial charge in [0.2, 0.25) is 0 Å². The SMILES string of the molecule is Cc1c(C(C)Nc2nnc(C)c3ccc(O[C@H]4CCNC4)cc23)cccc1C(F)(F)F. The van der Waals surface area contributed by atoms with E-state index in [-0.39, 0.29) is 11.7 Å². The van der Waals surface area contributed by atoms with E-state index in [9.17, 15) is 13.2 Å². The molecule has 164 valence electrons. The Bertz CT molecular complexity index is 1090. The van der Waals surface area contributed by atoms with Gasteiger partial charge in [0.1, 0.15) is 11.9 Å². The van der Waals surface area contributed by atoms with E-state index < -0.39 is 17.8 Å². The van der Waals surface area contributed by atoms with E-state index in [0.29, 0.717) is 11.4 Å². The first-order chi connectivity index (χ1) is 14.7. The molecule has 5 nitrogen and oxygen atoms in total. The lowest BCUT2D eigenvalue weighted by atomic mass is 9.97. The summed E-state index contributed by atoms with van der Waals surface area (Å²) in [6.07, 6.45) is -3.32. The Hall–Kier alpha value is -2.87. The van der Waals surface area contributed by atoms with Crippen LogP contribution >= 0.6 is 0 Å². The zero-order valence-corrected chi connectivity index (χ0v) is 17.7. The van der Waals surface area contributed by atoms with Crippen molar-refractivity contribution in [3.63, 3.8) is 0 Å². The maximum Gasteiger partial charge on any atom is 0.416 e. The van der Waals surface area contributed by atoms with Crippen LogP contribution in [0.25, 0.3) is 10.8 Å². The maximum absolute atomic E-state index is 13.3. The molecule has 1 fully saturated rings.